The molecule has 0 bridgehead atoms. The summed E-state index contributed by atoms with van der Waals surface area (Å²) in [5, 5.41) is 6.72. The van der Waals surface area contributed by atoms with E-state index >= 15 is 0 Å². The lowest BCUT2D eigenvalue weighted by Crippen LogP contribution is -2.42. The van der Waals surface area contributed by atoms with Crippen molar-refractivity contribution >= 4 is 16.0 Å². The molecule has 2 aliphatic rings. The number of nitrogens with zero attached hydrogens (tertiary/aromatic N) is 6. The molecule has 206 valence electrons. The maximum Gasteiger partial charge on any atom is 0.433 e. The summed E-state index contributed by atoms with van der Waals surface area (Å²) in [5.41, 5.74) is -4.36. The van der Waals surface area contributed by atoms with Crippen LogP contribution in [0.3, 0.4) is 0 Å². The molecule has 0 amide bonds. The van der Waals surface area contributed by atoms with Gasteiger partial charge in [-0.05, 0) is 45.8 Å². The van der Waals surface area contributed by atoms with Gasteiger partial charge < -0.3 is 10.2 Å². The van der Waals surface area contributed by atoms with Crippen molar-refractivity contribution in [2.75, 3.05) is 44.8 Å². The Kier molecular flexibility index (Phi) is 7.47. The van der Waals surface area contributed by atoms with Crippen molar-refractivity contribution in [3.05, 3.63) is 23.7 Å². The summed E-state index contributed by atoms with van der Waals surface area (Å²) in [6, 6.07) is -0.984. The van der Waals surface area contributed by atoms with Gasteiger partial charge in [0, 0.05) is 25.3 Å². The number of sulfonamides is 1. The van der Waals surface area contributed by atoms with Crippen molar-refractivity contribution in [1.82, 2.24) is 29.0 Å². The first-order chi connectivity index (χ1) is 17.1. The number of alkyl halides is 6. The van der Waals surface area contributed by atoms with E-state index in [-0.39, 0.29) is 25.1 Å². The average Bonchev–Trinajstić information content (AvgIpc) is 3.24. The maximum absolute atomic E-state index is 14.2. The van der Waals surface area contributed by atoms with Crippen molar-refractivity contribution in [2.45, 2.75) is 50.1 Å². The SMILES string of the molecule is CN1CCC(n2ncc(-c3nc(NC4CCN(S(C)(=O)=O)CC4)ncc3C(F)(F)F)c2C(F)(F)F)CC1. The van der Waals surface area contributed by atoms with Crippen LogP contribution >= 0.6 is 0 Å². The number of likely N-dealkylation sites (tertiary alicyclic amines) is 1. The van der Waals surface area contributed by atoms with Gasteiger partial charge in [-0.3, -0.25) is 4.68 Å². The Labute approximate surface area is 209 Å². The van der Waals surface area contributed by atoms with Gasteiger partial charge in [0.2, 0.25) is 16.0 Å². The molecule has 2 saturated heterocycles. The van der Waals surface area contributed by atoms with Crippen LogP contribution in [0, 0.1) is 0 Å². The Morgan fingerprint density at radius 3 is 2.11 bits per heavy atom. The molecule has 37 heavy (non-hydrogen) atoms. The summed E-state index contributed by atoms with van der Waals surface area (Å²) < 4.78 is 110. The van der Waals surface area contributed by atoms with E-state index in [9.17, 15) is 34.8 Å². The van der Waals surface area contributed by atoms with Crippen LogP contribution in [0.25, 0.3) is 11.3 Å². The van der Waals surface area contributed by atoms with E-state index in [2.05, 4.69) is 20.4 Å². The van der Waals surface area contributed by atoms with Gasteiger partial charge in [-0.1, -0.05) is 0 Å². The monoisotopic (exact) mass is 555 g/mol. The fraction of sp³-hybridized carbons (Fsp3) is 0.667. The predicted molar refractivity (Wildman–Crippen MR) is 122 cm³/mol. The zero-order valence-electron chi connectivity index (χ0n) is 20.1. The molecule has 0 aliphatic carbocycles. The first kappa shape index (κ1) is 27.6. The molecule has 0 atom stereocenters. The molecule has 0 spiro atoms. The summed E-state index contributed by atoms with van der Waals surface area (Å²) in [7, 11) is -1.55. The lowest BCUT2D eigenvalue weighted by molar-refractivity contribution is -0.145. The van der Waals surface area contributed by atoms with E-state index in [0.29, 0.717) is 45.0 Å². The number of rotatable bonds is 5. The first-order valence-corrected chi connectivity index (χ1v) is 13.5. The van der Waals surface area contributed by atoms with E-state index in [1.165, 1.54) is 4.31 Å². The van der Waals surface area contributed by atoms with Crippen molar-refractivity contribution in [2.24, 2.45) is 0 Å². The molecule has 2 aromatic rings. The molecule has 4 heterocycles. The lowest BCUT2D eigenvalue weighted by Gasteiger charge is -2.31. The van der Waals surface area contributed by atoms with Gasteiger partial charge in [0.1, 0.15) is 5.56 Å². The Morgan fingerprint density at radius 2 is 1.57 bits per heavy atom. The van der Waals surface area contributed by atoms with Crippen LogP contribution < -0.4 is 5.32 Å². The molecule has 0 aromatic carbocycles. The molecule has 0 unspecified atom stereocenters. The van der Waals surface area contributed by atoms with Crippen LogP contribution in [0.15, 0.2) is 12.4 Å². The third-order valence-corrected chi connectivity index (χ3v) is 8.01. The fourth-order valence-electron chi connectivity index (χ4n) is 4.71. The van der Waals surface area contributed by atoms with Gasteiger partial charge in [0.05, 0.1) is 29.8 Å². The van der Waals surface area contributed by atoms with Crippen molar-refractivity contribution in [3.63, 3.8) is 0 Å². The van der Waals surface area contributed by atoms with Crippen LogP contribution in [-0.2, 0) is 22.4 Å². The van der Waals surface area contributed by atoms with E-state index in [4.69, 9.17) is 0 Å². The van der Waals surface area contributed by atoms with Gasteiger partial charge in [-0.15, -0.1) is 0 Å². The Balaban J connectivity index is 1.70. The number of hydrogen-bond acceptors (Lipinski definition) is 7. The first-order valence-electron chi connectivity index (χ1n) is 11.6. The maximum atomic E-state index is 14.2. The summed E-state index contributed by atoms with van der Waals surface area (Å²) in [4.78, 5) is 9.54. The van der Waals surface area contributed by atoms with Crippen LogP contribution in [0.1, 0.15) is 43.0 Å². The minimum atomic E-state index is -5.01. The summed E-state index contributed by atoms with van der Waals surface area (Å²) in [5.74, 6) is -0.277. The highest BCUT2D eigenvalue weighted by Gasteiger charge is 2.44. The van der Waals surface area contributed by atoms with Crippen molar-refractivity contribution < 1.29 is 34.8 Å². The highest BCUT2D eigenvalue weighted by atomic mass is 32.2. The molecular formula is C21H27F6N7O2S. The average molecular weight is 556 g/mol. The van der Waals surface area contributed by atoms with Crippen LogP contribution in [0.5, 0.6) is 0 Å². The number of piperidine rings is 2. The van der Waals surface area contributed by atoms with Crippen LogP contribution in [-0.4, -0.2) is 82.9 Å². The minimum Gasteiger partial charge on any atom is -0.351 e. The van der Waals surface area contributed by atoms with Gasteiger partial charge >= 0.3 is 12.4 Å². The standard InChI is InChI=1S/C21H27F6N7O2S/c1-32-7-5-14(6-8-32)34-18(21(25,26)27)15(11-29-34)17-16(20(22,23)24)12-28-19(31-17)30-13-3-9-33(10-4-13)37(2,35)36/h11-14H,3-10H2,1-2H3,(H,28,30,31). The smallest absolute Gasteiger partial charge is 0.351 e. The Hall–Kier alpha value is -2.46. The molecule has 1 N–H and O–H groups in total. The Morgan fingerprint density at radius 1 is 0.946 bits per heavy atom. The zero-order chi connectivity index (χ0) is 27.2. The summed E-state index contributed by atoms with van der Waals surface area (Å²) in [6.07, 6.45) is -6.26. The lowest BCUT2D eigenvalue weighted by atomic mass is 10.0. The highest BCUT2D eigenvalue weighted by Crippen LogP contribution is 2.43. The molecule has 16 heteroatoms. The molecule has 9 nitrogen and oxygen atoms in total. The molecule has 4 rings (SSSR count). The number of hydrogen-bond donors (Lipinski definition) is 1. The molecule has 0 radical (unpaired) electrons. The number of nitrogens with one attached hydrogen (secondary N) is 1. The molecule has 0 saturated carbocycles. The highest BCUT2D eigenvalue weighted by molar-refractivity contribution is 7.88. The third kappa shape index (κ3) is 6.17. The second-order valence-electron chi connectivity index (χ2n) is 9.42. The van der Waals surface area contributed by atoms with E-state index in [0.717, 1.165) is 17.1 Å². The second-order valence-corrected chi connectivity index (χ2v) is 11.4. The predicted octanol–water partition coefficient (Wildman–Crippen LogP) is 3.48. The van der Waals surface area contributed by atoms with Gasteiger partial charge in [0.25, 0.3) is 0 Å². The van der Waals surface area contributed by atoms with E-state index in [1.54, 1.807) is 0 Å². The number of aromatic nitrogens is 4. The van der Waals surface area contributed by atoms with Crippen molar-refractivity contribution in [1.29, 1.82) is 0 Å². The Bertz CT molecular complexity index is 1210. The fourth-order valence-corrected chi connectivity index (χ4v) is 5.59. The molecule has 2 aromatic heterocycles. The normalized spacial score (nSPS) is 19.9. The van der Waals surface area contributed by atoms with E-state index in [1.807, 2.05) is 11.9 Å². The zero-order valence-corrected chi connectivity index (χ0v) is 21.0. The topological polar surface area (TPSA) is 96.3 Å². The third-order valence-electron chi connectivity index (χ3n) is 6.70. The minimum absolute atomic E-state index is 0.186. The van der Waals surface area contributed by atoms with Crippen molar-refractivity contribution in [3.8, 4) is 11.3 Å². The van der Waals surface area contributed by atoms with Crippen LogP contribution in [0.4, 0.5) is 32.3 Å². The molecular weight excluding hydrogens is 528 g/mol. The summed E-state index contributed by atoms with van der Waals surface area (Å²) >= 11 is 0. The van der Waals surface area contributed by atoms with E-state index < -0.39 is 50.9 Å². The second kappa shape index (κ2) is 10.0. The molecule has 2 aliphatic heterocycles. The summed E-state index contributed by atoms with van der Waals surface area (Å²) in [6.45, 7) is 1.44. The quantitative estimate of drug-likeness (QED) is 0.565. The van der Waals surface area contributed by atoms with Gasteiger partial charge in [0.15, 0.2) is 5.69 Å². The van der Waals surface area contributed by atoms with Crippen LogP contribution in [0.2, 0.25) is 0 Å². The number of anilines is 1. The van der Waals surface area contributed by atoms with Gasteiger partial charge in [-0.25, -0.2) is 22.7 Å². The largest absolute Gasteiger partial charge is 0.433 e. The van der Waals surface area contributed by atoms with Gasteiger partial charge in [-0.2, -0.15) is 31.4 Å². The number of halogens is 6. The molecule has 2 fully saturated rings.